The number of hydrogen-bond donors (Lipinski definition) is 1. The van der Waals surface area contributed by atoms with Crippen LogP contribution in [0.4, 0.5) is 5.69 Å². The van der Waals surface area contributed by atoms with Gasteiger partial charge in [0.05, 0.1) is 28.2 Å². The molecule has 1 N–H and O–H groups in total. The third-order valence-electron chi connectivity index (χ3n) is 4.72. The SMILES string of the molecule is CC1=NN(c2ccccc2)C(=O)/C1=C/C=C/c1c(C)[nH]n(-c2ccccc2)c1=O. The molecule has 0 saturated heterocycles. The van der Waals surface area contributed by atoms with Crippen molar-refractivity contribution in [3.05, 3.63) is 100.0 Å². The quantitative estimate of drug-likeness (QED) is 0.695. The van der Waals surface area contributed by atoms with Crippen molar-refractivity contribution in [1.29, 1.82) is 0 Å². The Kier molecular flexibility index (Phi) is 4.83. The van der Waals surface area contributed by atoms with Gasteiger partial charge in [-0.15, -0.1) is 0 Å². The molecule has 29 heavy (non-hydrogen) atoms. The van der Waals surface area contributed by atoms with Crippen LogP contribution in [0.3, 0.4) is 0 Å². The highest BCUT2D eigenvalue weighted by Gasteiger charge is 2.27. The number of amides is 1. The molecule has 0 unspecified atom stereocenters. The molecule has 4 rings (SSSR count). The predicted octanol–water partition coefficient (Wildman–Crippen LogP) is 3.84. The lowest BCUT2D eigenvalue weighted by Crippen LogP contribution is -2.21. The topological polar surface area (TPSA) is 70.5 Å². The number of hydrogen-bond acceptors (Lipinski definition) is 3. The van der Waals surface area contributed by atoms with Crippen LogP contribution in [-0.2, 0) is 4.79 Å². The van der Waals surface area contributed by atoms with Crippen molar-refractivity contribution >= 4 is 23.4 Å². The van der Waals surface area contributed by atoms with Gasteiger partial charge in [0.15, 0.2) is 0 Å². The number of nitrogens with one attached hydrogen (secondary N) is 1. The monoisotopic (exact) mass is 384 g/mol. The van der Waals surface area contributed by atoms with E-state index in [2.05, 4.69) is 10.2 Å². The van der Waals surface area contributed by atoms with Crippen LogP contribution < -0.4 is 10.6 Å². The molecule has 6 heteroatoms. The number of allylic oxidation sites excluding steroid dienone is 2. The van der Waals surface area contributed by atoms with Gasteiger partial charge in [-0.25, -0.2) is 4.68 Å². The normalized spacial score (nSPS) is 15.5. The lowest BCUT2D eigenvalue weighted by Gasteiger charge is -2.10. The smallest absolute Gasteiger partial charge is 0.280 e. The number of hydrazone groups is 1. The van der Waals surface area contributed by atoms with Crippen LogP contribution in [0.2, 0.25) is 0 Å². The zero-order chi connectivity index (χ0) is 20.4. The average molecular weight is 384 g/mol. The summed E-state index contributed by atoms with van der Waals surface area (Å²) in [4.78, 5) is 25.5. The Morgan fingerprint density at radius 2 is 1.52 bits per heavy atom. The van der Waals surface area contributed by atoms with Crippen LogP contribution in [0.1, 0.15) is 18.2 Å². The van der Waals surface area contributed by atoms with Gasteiger partial charge in [-0.1, -0.05) is 42.5 Å². The van der Waals surface area contributed by atoms with E-state index in [4.69, 9.17) is 0 Å². The minimum Gasteiger partial charge on any atom is -0.295 e. The van der Waals surface area contributed by atoms with E-state index in [0.717, 1.165) is 17.1 Å². The highest BCUT2D eigenvalue weighted by molar-refractivity contribution is 6.29. The largest absolute Gasteiger partial charge is 0.295 e. The summed E-state index contributed by atoms with van der Waals surface area (Å²) in [7, 11) is 0. The van der Waals surface area contributed by atoms with Crippen molar-refractivity contribution in [2.75, 3.05) is 5.01 Å². The van der Waals surface area contributed by atoms with E-state index in [9.17, 15) is 9.59 Å². The van der Waals surface area contributed by atoms with Gasteiger partial charge in [0, 0.05) is 5.69 Å². The maximum absolute atomic E-state index is 12.7. The number of carbonyl (C=O) groups excluding carboxylic acids is 1. The van der Waals surface area contributed by atoms with Crippen LogP contribution in [0.25, 0.3) is 11.8 Å². The fourth-order valence-electron chi connectivity index (χ4n) is 3.21. The first-order chi connectivity index (χ1) is 14.1. The molecule has 0 bridgehead atoms. The maximum atomic E-state index is 12.7. The maximum Gasteiger partial charge on any atom is 0.280 e. The number of para-hydroxylation sites is 2. The Hall–Kier alpha value is -3.93. The number of nitrogens with zero attached hydrogens (tertiary/aromatic N) is 3. The second-order valence-electron chi connectivity index (χ2n) is 6.70. The van der Waals surface area contributed by atoms with Gasteiger partial charge in [-0.2, -0.15) is 10.1 Å². The molecule has 6 nitrogen and oxygen atoms in total. The fraction of sp³-hybridized carbons (Fsp3) is 0.0870. The minimum atomic E-state index is -0.189. The molecule has 0 spiro atoms. The predicted molar refractivity (Wildman–Crippen MR) is 115 cm³/mol. The summed E-state index contributed by atoms with van der Waals surface area (Å²) in [5.41, 5.74) is 3.78. The van der Waals surface area contributed by atoms with Crippen molar-refractivity contribution < 1.29 is 4.79 Å². The highest BCUT2D eigenvalue weighted by atomic mass is 16.2. The number of benzene rings is 2. The van der Waals surface area contributed by atoms with E-state index in [1.807, 2.05) is 67.6 Å². The van der Waals surface area contributed by atoms with Gasteiger partial charge in [-0.3, -0.25) is 14.7 Å². The molecular weight excluding hydrogens is 364 g/mol. The minimum absolute atomic E-state index is 0.141. The summed E-state index contributed by atoms with van der Waals surface area (Å²) < 4.78 is 1.51. The van der Waals surface area contributed by atoms with E-state index in [1.165, 1.54) is 9.69 Å². The number of H-pyrrole nitrogens is 1. The second kappa shape index (κ2) is 7.59. The van der Waals surface area contributed by atoms with E-state index >= 15 is 0 Å². The first kappa shape index (κ1) is 18.4. The van der Waals surface area contributed by atoms with E-state index in [0.29, 0.717) is 16.8 Å². The number of aromatic amines is 1. The number of aryl methyl sites for hydroxylation is 1. The van der Waals surface area contributed by atoms with Crippen LogP contribution >= 0.6 is 0 Å². The lowest BCUT2D eigenvalue weighted by molar-refractivity contribution is -0.114. The molecule has 1 aliphatic rings. The standard InChI is InChI=1S/C23H20N4O2/c1-16-20(22(28)26(24-16)18-10-5-3-6-11-18)14-9-15-21-17(2)25-27(23(21)29)19-12-7-4-8-13-19/h3-15,24H,1-2H3/b14-9+,21-15+. The molecule has 1 amide bonds. The molecular formula is C23H20N4O2. The molecule has 0 saturated carbocycles. The van der Waals surface area contributed by atoms with Crippen LogP contribution in [0.5, 0.6) is 0 Å². The van der Waals surface area contributed by atoms with Crippen LogP contribution in [-0.4, -0.2) is 21.4 Å². The summed E-state index contributed by atoms with van der Waals surface area (Å²) in [5, 5.41) is 8.83. The van der Waals surface area contributed by atoms with Gasteiger partial charge in [-0.05, 0) is 50.3 Å². The molecule has 2 aromatic carbocycles. The van der Waals surface area contributed by atoms with Gasteiger partial charge < -0.3 is 0 Å². The van der Waals surface area contributed by atoms with Crippen LogP contribution in [0.15, 0.2) is 88.3 Å². The highest BCUT2D eigenvalue weighted by Crippen LogP contribution is 2.23. The summed E-state index contributed by atoms with van der Waals surface area (Å²) in [6.07, 6.45) is 5.13. The lowest BCUT2D eigenvalue weighted by atomic mass is 10.1. The fourth-order valence-corrected chi connectivity index (χ4v) is 3.21. The van der Waals surface area contributed by atoms with E-state index in [1.54, 1.807) is 25.2 Å². The first-order valence-electron chi connectivity index (χ1n) is 9.27. The number of anilines is 1. The van der Waals surface area contributed by atoms with E-state index in [-0.39, 0.29) is 11.5 Å². The molecule has 0 atom stereocenters. The molecule has 0 fully saturated rings. The summed E-state index contributed by atoms with van der Waals surface area (Å²) >= 11 is 0. The Morgan fingerprint density at radius 1 is 0.897 bits per heavy atom. The summed E-state index contributed by atoms with van der Waals surface area (Å²) in [6.45, 7) is 3.64. The number of aromatic nitrogens is 2. The number of carbonyl (C=O) groups is 1. The Bertz CT molecular complexity index is 1200. The molecule has 144 valence electrons. The average Bonchev–Trinajstić information content (AvgIpc) is 3.19. The van der Waals surface area contributed by atoms with E-state index < -0.39 is 0 Å². The van der Waals surface area contributed by atoms with Gasteiger partial charge in [0.25, 0.3) is 11.5 Å². The zero-order valence-corrected chi connectivity index (χ0v) is 16.2. The summed E-state index contributed by atoms with van der Waals surface area (Å²) in [5.74, 6) is -0.189. The second-order valence-corrected chi connectivity index (χ2v) is 6.70. The molecule has 1 aliphatic heterocycles. The number of rotatable bonds is 4. The van der Waals surface area contributed by atoms with Crippen molar-refractivity contribution in [1.82, 2.24) is 9.78 Å². The van der Waals surface area contributed by atoms with Crippen molar-refractivity contribution in [3.8, 4) is 5.69 Å². The molecule has 0 aliphatic carbocycles. The van der Waals surface area contributed by atoms with Gasteiger partial charge >= 0.3 is 0 Å². The third kappa shape index (κ3) is 3.48. The summed E-state index contributed by atoms with van der Waals surface area (Å²) in [6, 6.07) is 18.7. The molecule has 0 radical (unpaired) electrons. The molecule has 3 aromatic rings. The van der Waals surface area contributed by atoms with Gasteiger partial charge in [0.1, 0.15) is 0 Å². The van der Waals surface area contributed by atoms with Crippen LogP contribution in [0, 0.1) is 6.92 Å². The first-order valence-corrected chi connectivity index (χ1v) is 9.27. The van der Waals surface area contributed by atoms with Crippen molar-refractivity contribution in [3.63, 3.8) is 0 Å². The Morgan fingerprint density at radius 3 is 2.17 bits per heavy atom. The van der Waals surface area contributed by atoms with Gasteiger partial charge in [0.2, 0.25) is 0 Å². The molecule has 2 heterocycles. The van der Waals surface area contributed by atoms with Crippen molar-refractivity contribution in [2.45, 2.75) is 13.8 Å². The Balaban J connectivity index is 1.60. The third-order valence-corrected chi connectivity index (χ3v) is 4.72. The van der Waals surface area contributed by atoms with Crippen molar-refractivity contribution in [2.24, 2.45) is 5.10 Å². The zero-order valence-electron chi connectivity index (χ0n) is 16.2. The molecule has 1 aromatic heterocycles. The Labute approximate surface area is 168 Å².